The van der Waals surface area contributed by atoms with Crippen molar-refractivity contribution in [2.24, 2.45) is 0 Å². The third-order valence-corrected chi connectivity index (χ3v) is 3.60. The van der Waals surface area contributed by atoms with E-state index in [9.17, 15) is 14.4 Å². The van der Waals surface area contributed by atoms with Gasteiger partial charge in [-0.25, -0.2) is 0 Å². The van der Waals surface area contributed by atoms with Crippen molar-refractivity contribution in [1.29, 1.82) is 0 Å². The molecule has 140 valence electrons. The van der Waals surface area contributed by atoms with Gasteiger partial charge in [0, 0.05) is 32.4 Å². The second-order valence-electron chi connectivity index (χ2n) is 6.08. The largest absolute Gasteiger partial charge is 0.356 e. The Balaban J connectivity index is 3.38. The second kappa shape index (κ2) is 16.4. The molecule has 0 aromatic carbocycles. The summed E-state index contributed by atoms with van der Waals surface area (Å²) in [6.45, 7) is 6.52. The smallest absolute Gasteiger partial charge is 0.233 e. The predicted molar refractivity (Wildman–Crippen MR) is 96.8 cm³/mol. The molecular weight excluding hydrogens is 306 g/mol. The quantitative estimate of drug-likeness (QED) is 0.374. The third kappa shape index (κ3) is 15.5. The fourth-order valence-corrected chi connectivity index (χ4v) is 2.25. The molecule has 0 saturated heterocycles. The van der Waals surface area contributed by atoms with E-state index in [1.165, 1.54) is 0 Å². The van der Waals surface area contributed by atoms with Crippen LogP contribution in [0.2, 0.25) is 0 Å². The molecule has 6 heteroatoms. The molecule has 0 radical (unpaired) electrons. The molecule has 24 heavy (non-hydrogen) atoms. The number of carbonyl (C=O) groups excluding carboxylic acids is 3. The predicted octanol–water partition coefficient (Wildman–Crippen LogP) is 1.93. The molecule has 0 aliphatic carbocycles. The van der Waals surface area contributed by atoms with E-state index in [2.05, 4.69) is 22.9 Å². The van der Waals surface area contributed by atoms with Gasteiger partial charge in [0.25, 0.3) is 0 Å². The van der Waals surface area contributed by atoms with Crippen molar-refractivity contribution < 1.29 is 14.4 Å². The van der Waals surface area contributed by atoms with Crippen LogP contribution in [-0.4, -0.2) is 43.8 Å². The molecule has 0 aliphatic heterocycles. The monoisotopic (exact) mass is 341 g/mol. The lowest BCUT2D eigenvalue weighted by atomic mass is 10.1. The molecule has 0 aromatic rings. The number of ketones is 1. The Morgan fingerprint density at radius 1 is 0.667 bits per heavy atom. The summed E-state index contributed by atoms with van der Waals surface area (Å²) in [6, 6.07) is 0. The molecule has 0 atom stereocenters. The Bertz CT molecular complexity index is 359. The number of amides is 2. The van der Waals surface area contributed by atoms with Crippen LogP contribution in [-0.2, 0) is 14.4 Å². The Kier molecular flexibility index (Phi) is 15.4. The molecule has 0 aromatic heterocycles. The molecule has 0 saturated carbocycles. The van der Waals surface area contributed by atoms with Gasteiger partial charge in [-0.3, -0.25) is 14.4 Å². The minimum atomic E-state index is 0.00511. The molecule has 0 fully saturated rings. The molecule has 2 amide bonds. The summed E-state index contributed by atoms with van der Waals surface area (Å²) in [7, 11) is 0. The first kappa shape index (κ1) is 22.6. The zero-order valence-corrected chi connectivity index (χ0v) is 15.4. The van der Waals surface area contributed by atoms with Crippen LogP contribution in [0.3, 0.4) is 0 Å². The van der Waals surface area contributed by atoms with Gasteiger partial charge in [-0.1, -0.05) is 13.8 Å². The summed E-state index contributed by atoms with van der Waals surface area (Å²) < 4.78 is 0. The fraction of sp³-hybridized carbons (Fsp3) is 0.833. The van der Waals surface area contributed by atoms with Crippen molar-refractivity contribution in [3.05, 3.63) is 0 Å². The number of unbranched alkanes of at least 4 members (excludes halogenated alkanes) is 2. The van der Waals surface area contributed by atoms with Crippen LogP contribution in [0.5, 0.6) is 0 Å². The first-order chi connectivity index (χ1) is 11.6. The zero-order valence-electron chi connectivity index (χ0n) is 15.4. The Labute approximate surface area is 146 Å². The average molecular weight is 341 g/mol. The van der Waals surface area contributed by atoms with Crippen LogP contribution >= 0.6 is 0 Å². The number of rotatable bonds is 16. The SMILES string of the molecule is CCCNCC(=O)NCCCCC(=O)NCCCCC(=O)CCC. The lowest BCUT2D eigenvalue weighted by Crippen LogP contribution is -2.34. The summed E-state index contributed by atoms with van der Waals surface area (Å²) >= 11 is 0. The van der Waals surface area contributed by atoms with Gasteiger partial charge in [0.15, 0.2) is 0 Å². The number of carbonyl (C=O) groups is 3. The number of hydrogen-bond donors (Lipinski definition) is 3. The maximum atomic E-state index is 11.6. The van der Waals surface area contributed by atoms with Gasteiger partial charge in [-0.15, -0.1) is 0 Å². The van der Waals surface area contributed by atoms with Gasteiger partial charge in [0.05, 0.1) is 6.54 Å². The number of Topliss-reactive ketones (excluding diaryl/α,β-unsaturated/α-hetero) is 1. The van der Waals surface area contributed by atoms with Crippen molar-refractivity contribution in [3.63, 3.8) is 0 Å². The topological polar surface area (TPSA) is 87.3 Å². The van der Waals surface area contributed by atoms with Gasteiger partial charge >= 0.3 is 0 Å². The van der Waals surface area contributed by atoms with Crippen molar-refractivity contribution in [3.8, 4) is 0 Å². The van der Waals surface area contributed by atoms with Crippen LogP contribution in [0.15, 0.2) is 0 Å². The van der Waals surface area contributed by atoms with Crippen molar-refractivity contribution in [2.75, 3.05) is 26.2 Å². The standard InChI is InChI=1S/C18H35N3O3/c1-3-9-16(22)10-5-7-13-20-17(23)11-6-8-14-21-18(24)15-19-12-4-2/h19H,3-15H2,1-2H3,(H,20,23)(H,21,24). The Morgan fingerprint density at radius 2 is 1.29 bits per heavy atom. The zero-order chi connectivity index (χ0) is 18.0. The summed E-state index contributed by atoms with van der Waals surface area (Å²) in [5.74, 6) is 0.368. The Hall–Kier alpha value is -1.43. The maximum Gasteiger partial charge on any atom is 0.233 e. The molecular formula is C18H35N3O3. The van der Waals surface area contributed by atoms with E-state index in [1.54, 1.807) is 0 Å². The highest BCUT2D eigenvalue weighted by Crippen LogP contribution is 2.01. The van der Waals surface area contributed by atoms with Crippen LogP contribution in [0.25, 0.3) is 0 Å². The van der Waals surface area contributed by atoms with E-state index in [-0.39, 0.29) is 11.8 Å². The lowest BCUT2D eigenvalue weighted by Gasteiger charge is -2.07. The average Bonchev–Trinajstić information content (AvgIpc) is 2.54. The van der Waals surface area contributed by atoms with Crippen LogP contribution in [0, 0.1) is 0 Å². The minimum Gasteiger partial charge on any atom is -0.356 e. The molecule has 0 bridgehead atoms. The van der Waals surface area contributed by atoms with E-state index in [0.29, 0.717) is 44.7 Å². The van der Waals surface area contributed by atoms with Gasteiger partial charge in [-0.05, 0) is 45.1 Å². The molecule has 0 rings (SSSR count). The van der Waals surface area contributed by atoms with Crippen molar-refractivity contribution in [1.82, 2.24) is 16.0 Å². The summed E-state index contributed by atoms with van der Waals surface area (Å²) in [6.07, 6.45) is 6.96. The normalized spacial score (nSPS) is 10.4. The number of nitrogens with one attached hydrogen (secondary N) is 3. The van der Waals surface area contributed by atoms with E-state index in [4.69, 9.17) is 0 Å². The van der Waals surface area contributed by atoms with Crippen LogP contribution < -0.4 is 16.0 Å². The summed E-state index contributed by atoms with van der Waals surface area (Å²) in [4.78, 5) is 34.4. The van der Waals surface area contributed by atoms with E-state index in [1.807, 2.05) is 6.92 Å². The molecule has 0 aliphatic rings. The van der Waals surface area contributed by atoms with E-state index >= 15 is 0 Å². The molecule has 6 nitrogen and oxygen atoms in total. The van der Waals surface area contributed by atoms with E-state index < -0.39 is 0 Å². The van der Waals surface area contributed by atoms with Gasteiger partial charge in [-0.2, -0.15) is 0 Å². The Morgan fingerprint density at radius 3 is 1.92 bits per heavy atom. The molecule has 0 spiro atoms. The second-order valence-corrected chi connectivity index (χ2v) is 6.08. The molecule has 3 N–H and O–H groups in total. The number of hydrogen-bond acceptors (Lipinski definition) is 4. The summed E-state index contributed by atoms with van der Waals surface area (Å²) in [5, 5.41) is 8.75. The van der Waals surface area contributed by atoms with Crippen LogP contribution in [0.1, 0.15) is 71.6 Å². The lowest BCUT2D eigenvalue weighted by molar-refractivity contribution is -0.121. The highest BCUT2D eigenvalue weighted by Gasteiger charge is 2.03. The highest BCUT2D eigenvalue weighted by molar-refractivity contribution is 5.78. The van der Waals surface area contributed by atoms with E-state index in [0.717, 1.165) is 45.1 Å². The first-order valence-corrected chi connectivity index (χ1v) is 9.36. The molecule has 0 unspecified atom stereocenters. The van der Waals surface area contributed by atoms with Crippen molar-refractivity contribution in [2.45, 2.75) is 71.6 Å². The summed E-state index contributed by atoms with van der Waals surface area (Å²) in [5.41, 5.74) is 0. The van der Waals surface area contributed by atoms with Crippen LogP contribution in [0.4, 0.5) is 0 Å². The van der Waals surface area contributed by atoms with Gasteiger partial charge in [0.1, 0.15) is 5.78 Å². The fourth-order valence-electron chi connectivity index (χ4n) is 2.25. The molecule has 0 heterocycles. The maximum absolute atomic E-state index is 11.6. The third-order valence-electron chi connectivity index (χ3n) is 3.60. The van der Waals surface area contributed by atoms with Gasteiger partial charge < -0.3 is 16.0 Å². The first-order valence-electron chi connectivity index (χ1n) is 9.36. The highest BCUT2D eigenvalue weighted by atomic mass is 16.2. The minimum absolute atomic E-state index is 0.00511. The van der Waals surface area contributed by atoms with Gasteiger partial charge in [0.2, 0.25) is 11.8 Å². The van der Waals surface area contributed by atoms with Crippen molar-refractivity contribution >= 4 is 17.6 Å².